The largest absolute Gasteiger partial charge is 0.508 e. The van der Waals surface area contributed by atoms with E-state index in [1.54, 1.807) is 24.3 Å². The van der Waals surface area contributed by atoms with Crippen LogP contribution in [0.2, 0.25) is 0 Å². The van der Waals surface area contributed by atoms with Crippen molar-refractivity contribution in [2.24, 2.45) is 5.92 Å². The van der Waals surface area contributed by atoms with E-state index in [1.165, 1.54) is 60.0 Å². The molecule has 2 aliphatic rings. The number of phenolic OH excluding ortho intramolecular Hbond substituents is 2. The van der Waals surface area contributed by atoms with Gasteiger partial charge in [0.25, 0.3) is 0 Å². The van der Waals surface area contributed by atoms with Crippen LogP contribution in [0.4, 0.5) is 22.7 Å². The van der Waals surface area contributed by atoms with Crippen molar-refractivity contribution >= 4 is 40.0 Å². The Kier molecular flexibility index (Phi) is 13.7. The Bertz CT molecular complexity index is 1910. The maximum Gasteiger partial charge on any atom is 0.115 e. The zero-order valence-corrected chi connectivity index (χ0v) is 34.6. The highest BCUT2D eigenvalue weighted by Gasteiger charge is 2.41. The molecule has 0 aliphatic heterocycles. The van der Waals surface area contributed by atoms with Gasteiger partial charge in [0.05, 0.1) is 0 Å². The first-order valence-electron chi connectivity index (χ1n) is 20.6. The minimum atomic E-state index is -0.205. The molecule has 2 aliphatic carbocycles. The lowest BCUT2D eigenvalue weighted by atomic mass is 9.61. The number of benzene rings is 5. The summed E-state index contributed by atoms with van der Waals surface area (Å²) in [5.41, 5.74) is 10.8. The van der Waals surface area contributed by atoms with Crippen molar-refractivity contribution in [3.8, 4) is 11.5 Å². The fraction of sp³-hybridized carbons (Fsp3) is 0.360. The number of allylic oxidation sites excluding steroid dienone is 1. The number of hydrogen-bond acceptors (Lipinski definition) is 5. The predicted molar refractivity (Wildman–Crippen MR) is 238 cm³/mol. The molecule has 3 atom stereocenters. The van der Waals surface area contributed by atoms with Crippen molar-refractivity contribution in [1.29, 1.82) is 0 Å². The summed E-state index contributed by atoms with van der Waals surface area (Å²) in [5.74, 6) is 1.33. The summed E-state index contributed by atoms with van der Waals surface area (Å²) in [6.45, 7) is 11.1. The molecule has 0 saturated heterocycles. The van der Waals surface area contributed by atoms with Gasteiger partial charge in [-0.2, -0.15) is 0 Å². The maximum absolute atomic E-state index is 9.98. The van der Waals surface area contributed by atoms with E-state index in [0.717, 1.165) is 55.1 Å². The second-order valence-electron chi connectivity index (χ2n) is 15.7. The van der Waals surface area contributed by atoms with E-state index in [2.05, 4.69) is 133 Å². The lowest BCUT2D eigenvalue weighted by Crippen LogP contribution is -2.39. The Hall–Kier alpha value is -4.87. The number of nitrogens with one attached hydrogen (secondary N) is 1. The van der Waals surface area contributed by atoms with E-state index in [0.29, 0.717) is 12.0 Å². The predicted octanol–water partition coefficient (Wildman–Crippen LogP) is 13.1. The molecule has 3 N–H and O–H groups in total. The molecule has 0 bridgehead atoms. The van der Waals surface area contributed by atoms with Gasteiger partial charge in [0.1, 0.15) is 11.5 Å². The van der Waals surface area contributed by atoms with Crippen LogP contribution in [0.5, 0.6) is 11.5 Å². The van der Waals surface area contributed by atoms with Crippen molar-refractivity contribution in [3.05, 3.63) is 150 Å². The zero-order valence-electron chi connectivity index (χ0n) is 33.9. The van der Waals surface area contributed by atoms with Gasteiger partial charge in [0, 0.05) is 70.9 Å². The van der Waals surface area contributed by atoms with Gasteiger partial charge in [-0.15, -0.1) is 11.6 Å². The van der Waals surface area contributed by atoms with Crippen LogP contribution in [0.1, 0.15) is 101 Å². The molecule has 0 aromatic heterocycles. The van der Waals surface area contributed by atoms with Crippen LogP contribution >= 0.6 is 11.6 Å². The Morgan fingerprint density at radius 1 is 0.661 bits per heavy atom. The number of nitrogens with zero attached hydrogens (tertiary/aromatic N) is 2. The van der Waals surface area contributed by atoms with Gasteiger partial charge in [0.2, 0.25) is 0 Å². The topological polar surface area (TPSA) is 59.0 Å². The molecule has 5 aromatic carbocycles. The summed E-state index contributed by atoms with van der Waals surface area (Å²) in [5, 5.41) is 24.0. The van der Waals surface area contributed by atoms with Crippen LogP contribution in [0.25, 0.3) is 5.70 Å². The zero-order chi connectivity index (χ0) is 39.7. The van der Waals surface area contributed by atoms with Gasteiger partial charge >= 0.3 is 0 Å². The van der Waals surface area contributed by atoms with Crippen LogP contribution in [0.3, 0.4) is 0 Å². The summed E-state index contributed by atoms with van der Waals surface area (Å²) in [7, 11) is 0. The lowest BCUT2D eigenvalue weighted by Gasteiger charge is -2.43. The number of alkyl halides is 1. The summed E-state index contributed by atoms with van der Waals surface area (Å²) >= 11 is 4.64. The molecule has 5 aromatic rings. The molecular weight excluding hydrogens is 710 g/mol. The number of anilines is 4. The molecule has 0 amide bonds. The van der Waals surface area contributed by atoms with E-state index in [4.69, 9.17) is 0 Å². The van der Waals surface area contributed by atoms with Crippen LogP contribution in [-0.2, 0) is 5.41 Å². The number of fused-ring (bicyclic) bond motifs is 1. The smallest absolute Gasteiger partial charge is 0.115 e. The molecule has 56 heavy (non-hydrogen) atoms. The third-order valence-corrected chi connectivity index (χ3v) is 11.9. The maximum atomic E-state index is 9.98. The second kappa shape index (κ2) is 18.8. The minimum Gasteiger partial charge on any atom is -0.508 e. The van der Waals surface area contributed by atoms with E-state index in [-0.39, 0.29) is 22.8 Å². The number of halogens is 1. The first kappa shape index (κ1) is 40.8. The normalized spacial score (nSPS) is 18.9. The molecule has 3 unspecified atom stereocenters. The number of rotatable bonds is 13. The molecule has 0 heterocycles. The van der Waals surface area contributed by atoms with E-state index >= 15 is 0 Å². The van der Waals surface area contributed by atoms with Crippen LogP contribution in [-0.4, -0.2) is 35.7 Å². The van der Waals surface area contributed by atoms with Crippen LogP contribution < -0.4 is 15.1 Å². The van der Waals surface area contributed by atoms with Gasteiger partial charge in [-0.05, 0) is 128 Å². The average molecular weight is 771 g/mol. The molecule has 6 heteroatoms. The van der Waals surface area contributed by atoms with Crippen molar-refractivity contribution in [3.63, 3.8) is 0 Å². The third-order valence-electron chi connectivity index (χ3n) is 11.9. The highest BCUT2D eigenvalue weighted by Crippen LogP contribution is 2.51. The first-order chi connectivity index (χ1) is 27.3. The van der Waals surface area contributed by atoms with Crippen LogP contribution in [0.15, 0.2) is 127 Å². The van der Waals surface area contributed by atoms with E-state index in [1.807, 2.05) is 24.3 Å². The number of hydrogen-bond donors (Lipinski definition) is 3. The van der Waals surface area contributed by atoms with Crippen molar-refractivity contribution in [1.82, 2.24) is 5.32 Å². The first-order valence-corrected chi connectivity index (χ1v) is 21.3. The van der Waals surface area contributed by atoms with Gasteiger partial charge < -0.3 is 25.3 Å². The average Bonchev–Trinajstić information content (AvgIpc) is 3.23. The fourth-order valence-corrected chi connectivity index (χ4v) is 9.04. The molecule has 0 spiro atoms. The quantitative estimate of drug-likeness (QED) is 0.104. The van der Waals surface area contributed by atoms with E-state index in [9.17, 15) is 10.2 Å². The standard InChI is InChI=1S/C49H57N3O2.CH3Cl/c1-5-33-51(40-23-27-42(53)28-24-40)38-19-15-36(16-20-38)48(37-17-21-39(22-18-37)52(34-6-2)41-25-29-43(54)30-26-41)49(4)32-31-47(44-12-8-9-13-45(44)49)50-46-14-10-7-11-35(46)3;1-2/h8-9,12-13,15-31,35,46,48,50,53-54H,5-7,10-11,14,32-34H2,1-4H3;1H3. The number of phenols is 2. The van der Waals surface area contributed by atoms with Gasteiger partial charge in [-0.3, -0.25) is 0 Å². The van der Waals surface area contributed by atoms with Crippen LogP contribution in [0, 0.1) is 5.92 Å². The van der Waals surface area contributed by atoms with Gasteiger partial charge in [-0.1, -0.05) is 95.1 Å². The highest BCUT2D eigenvalue weighted by molar-refractivity contribution is 6.15. The van der Waals surface area contributed by atoms with Crippen molar-refractivity contribution in [2.75, 3.05) is 29.3 Å². The fourth-order valence-electron chi connectivity index (χ4n) is 9.04. The monoisotopic (exact) mass is 769 g/mol. The molecule has 5 nitrogen and oxygen atoms in total. The van der Waals surface area contributed by atoms with Gasteiger partial charge in [0.15, 0.2) is 0 Å². The molecule has 294 valence electrons. The van der Waals surface area contributed by atoms with Crippen molar-refractivity contribution < 1.29 is 10.2 Å². The summed E-state index contributed by atoms with van der Waals surface area (Å²) in [6, 6.07) is 43.1. The molecular formula is C50H60ClN3O2. The third kappa shape index (κ3) is 8.89. The lowest BCUT2D eigenvalue weighted by molar-refractivity contribution is 0.304. The minimum absolute atomic E-state index is 0.0924. The Morgan fingerprint density at radius 3 is 1.57 bits per heavy atom. The summed E-state index contributed by atoms with van der Waals surface area (Å²) in [4.78, 5) is 4.67. The second-order valence-corrected chi connectivity index (χ2v) is 15.7. The summed E-state index contributed by atoms with van der Waals surface area (Å²) in [6.07, 6.45) is 12.1. The highest BCUT2D eigenvalue weighted by atomic mass is 35.5. The van der Waals surface area contributed by atoms with Crippen molar-refractivity contribution in [2.45, 2.75) is 90.0 Å². The molecule has 1 fully saturated rings. The molecule has 1 saturated carbocycles. The SMILES string of the molecule is CCCN(c1ccc(O)cc1)c1ccc(C(c2ccc(N(CCC)c3ccc(O)cc3)cc2)C2(C)CC=C(NC3CCCCC3C)c3ccccc32)cc1.CCl. The Labute approximate surface area is 340 Å². The number of aromatic hydroxyl groups is 2. The molecule has 0 radical (unpaired) electrons. The Balaban J connectivity index is 0.00000262. The molecule has 7 rings (SSSR count). The van der Waals surface area contributed by atoms with Gasteiger partial charge in [-0.25, -0.2) is 0 Å². The Morgan fingerprint density at radius 2 is 1.11 bits per heavy atom. The van der Waals surface area contributed by atoms with E-state index < -0.39 is 0 Å². The summed E-state index contributed by atoms with van der Waals surface area (Å²) < 4.78 is 0.